The van der Waals surface area contributed by atoms with Gasteiger partial charge in [-0.05, 0) is 47.2 Å². The van der Waals surface area contributed by atoms with Crippen LogP contribution in [-0.2, 0) is 17.8 Å². The zero-order valence-corrected chi connectivity index (χ0v) is 17.9. The summed E-state index contributed by atoms with van der Waals surface area (Å²) in [7, 11) is 3.25. The molecule has 0 spiro atoms. The number of benzene rings is 1. The van der Waals surface area contributed by atoms with Crippen molar-refractivity contribution in [1.29, 1.82) is 0 Å². The summed E-state index contributed by atoms with van der Waals surface area (Å²) in [5.74, 6) is 1.39. The fourth-order valence-electron chi connectivity index (χ4n) is 3.97. The van der Waals surface area contributed by atoms with E-state index >= 15 is 0 Å². The van der Waals surface area contributed by atoms with E-state index in [9.17, 15) is 9.59 Å². The molecule has 3 aromatic rings. The number of nitrogens with zero attached hydrogens (tertiary/aromatic N) is 2. The molecule has 2 aromatic heterocycles. The minimum absolute atomic E-state index is 0.0320. The first-order valence-corrected chi connectivity index (χ1v) is 10.7. The van der Waals surface area contributed by atoms with Crippen molar-refractivity contribution < 1.29 is 14.3 Å². The highest BCUT2D eigenvalue weighted by Crippen LogP contribution is 2.42. The lowest BCUT2D eigenvalue weighted by atomic mass is 9.90. The summed E-state index contributed by atoms with van der Waals surface area (Å²) in [5, 5.41) is 2.02. The fourth-order valence-corrected chi connectivity index (χ4v) is 4.83. The van der Waals surface area contributed by atoms with Gasteiger partial charge in [0.1, 0.15) is 0 Å². The van der Waals surface area contributed by atoms with Gasteiger partial charge < -0.3 is 18.9 Å². The second-order valence-electron chi connectivity index (χ2n) is 7.14. The number of amides is 1. The Labute approximate surface area is 179 Å². The molecule has 1 aliphatic rings. The molecule has 156 valence electrons. The predicted octanol–water partition coefficient (Wildman–Crippen LogP) is 3.49. The first kappa shape index (κ1) is 20.2. The molecule has 4 rings (SSSR count). The van der Waals surface area contributed by atoms with Gasteiger partial charge in [-0.2, -0.15) is 0 Å². The molecular weight excluding hydrogens is 400 g/mol. The number of rotatable bonds is 6. The molecule has 0 saturated carbocycles. The number of carbonyl (C=O) groups excluding carboxylic acids is 1. The number of aryl methyl sites for hydroxylation is 1. The van der Waals surface area contributed by atoms with Crippen molar-refractivity contribution in [2.24, 2.45) is 0 Å². The number of pyridine rings is 1. The van der Waals surface area contributed by atoms with Gasteiger partial charge in [-0.1, -0.05) is 12.1 Å². The summed E-state index contributed by atoms with van der Waals surface area (Å²) in [6.07, 6.45) is 2.73. The summed E-state index contributed by atoms with van der Waals surface area (Å²) in [4.78, 5) is 28.2. The van der Waals surface area contributed by atoms with Crippen LogP contribution in [0.25, 0.3) is 0 Å². The van der Waals surface area contributed by atoms with Gasteiger partial charge in [-0.3, -0.25) is 9.59 Å². The lowest BCUT2D eigenvalue weighted by molar-refractivity contribution is -0.133. The molecule has 0 bridgehead atoms. The quantitative estimate of drug-likeness (QED) is 0.608. The van der Waals surface area contributed by atoms with Gasteiger partial charge in [0.15, 0.2) is 11.5 Å². The highest BCUT2D eigenvalue weighted by Gasteiger charge is 2.33. The number of hydrogen-bond acceptors (Lipinski definition) is 5. The standard InChI is InChI=1S/C23H24N2O4S/c1-28-18-14-16-8-12-25(22(27)9-11-24-10-4-3-7-21(24)26)23(20-6-5-13-30-20)17(16)15-19(18)29-2/h3-7,10,13-15,23H,8-9,11-12H2,1-2H3. The molecule has 1 unspecified atom stereocenters. The molecule has 0 fully saturated rings. The molecule has 0 N–H and O–H groups in total. The van der Waals surface area contributed by atoms with Crippen molar-refractivity contribution >= 4 is 17.2 Å². The van der Waals surface area contributed by atoms with Crippen molar-refractivity contribution in [3.8, 4) is 11.5 Å². The largest absolute Gasteiger partial charge is 0.493 e. The van der Waals surface area contributed by atoms with Gasteiger partial charge in [0.2, 0.25) is 5.91 Å². The summed E-state index contributed by atoms with van der Waals surface area (Å²) < 4.78 is 12.6. The molecule has 6 nitrogen and oxygen atoms in total. The monoisotopic (exact) mass is 424 g/mol. The Morgan fingerprint density at radius 1 is 1.13 bits per heavy atom. The number of aromatic nitrogens is 1. The maximum absolute atomic E-state index is 13.2. The fraction of sp³-hybridized carbons (Fsp3) is 0.304. The molecular formula is C23H24N2O4S. The Morgan fingerprint density at radius 3 is 2.63 bits per heavy atom. The van der Waals surface area contributed by atoms with Crippen LogP contribution >= 0.6 is 11.3 Å². The van der Waals surface area contributed by atoms with E-state index in [1.807, 2.05) is 28.5 Å². The van der Waals surface area contributed by atoms with E-state index in [0.717, 1.165) is 22.4 Å². The van der Waals surface area contributed by atoms with Crippen LogP contribution in [0.5, 0.6) is 11.5 Å². The molecule has 7 heteroatoms. The van der Waals surface area contributed by atoms with Crippen LogP contribution in [0.3, 0.4) is 0 Å². The molecule has 0 radical (unpaired) electrons. The van der Waals surface area contributed by atoms with E-state index < -0.39 is 0 Å². The average molecular weight is 425 g/mol. The summed E-state index contributed by atoms with van der Waals surface area (Å²) in [5.41, 5.74) is 2.13. The maximum atomic E-state index is 13.2. The molecule has 1 aromatic carbocycles. The van der Waals surface area contributed by atoms with Crippen molar-refractivity contribution in [1.82, 2.24) is 9.47 Å². The second-order valence-corrected chi connectivity index (χ2v) is 8.12. The van der Waals surface area contributed by atoms with Crippen LogP contribution in [0.4, 0.5) is 0 Å². The van der Waals surface area contributed by atoms with Gasteiger partial charge in [0.25, 0.3) is 5.56 Å². The zero-order chi connectivity index (χ0) is 21.1. The predicted molar refractivity (Wildman–Crippen MR) is 116 cm³/mol. The van der Waals surface area contributed by atoms with Crippen molar-refractivity contribution in [2.75, 3.05) is 20.8 Å². The zero-order valence-electron chi connectivity index (χ0n) is 17.0. The molecule has 0 saturated heterocycles. The second kappa shape index (κ2) is 8.75. The summed E-state index contributed by atoms with van der Waals surface area (Å²) in [6, 6.07) is 12.9. The molecule has 1 aliphatic heterocycles. The van der Waals surface area contributed by atoms with Gasteiger partial charge in [-0.15, -0.1) is 11.3 Å². The minimum atomic E-state index is -0.173. The smallest absolute Gasteiger partial charge is 0.250 e. The Hall–Kier alpha value is -3.06. The molecule has 0 aliphatic carbocycles. The van der Waals surface area contributed by atoms with Crippen LogP contribution in [0.15, 0.2) is 58.8 Å². The van der Waals surface area contributed by atoms with Crippen molar-refractivity contribution in [3.05, 3.63) is 80.4 Å². The van der Waals surface area contributed by atoms with Crippen molar-refractivity contribution in [2.45, 2.75) is 25.4 Å². The first-order valence-electron chi connectivity index (χ1n) is 9.85. The first-order chi connectivity index (χ1) is 14.6. The van der Waals surface area contributed by atoms with Crippen LogP contribution in [-0.4, -0.2) is 36.1 Å². The van der Waals surface area contributed by atoms with E-state index in [4.69, 9.17) is 9.47 Å². The van der Waals surface area contributed by atoms with E-state index in [-0.39, 0.29) is 23.9 Å². The number of thiophene rings is 1. The summed E-state index contributed by atoms with van der Waals surface area (Å²) in [6.45, 7) is 0.985. The lowest BCUT2D eigenvalue weighted by Crippen LogP contribution is -2.41. The summed E-state index contributed by atoms with van der Waals surface area (Å²) >= 11 is 1.63. The van der Waals surface area contributed by atoms with Gasteiger partial charge in [-0.25, -0.2) is 0 Å². The molecule has 1 amide bonds. The maximum Gasteiger partial charge on any atom is 0.250 e. The Balaban J connectivity index is 1.66. The number of hydrogen-bond donors (Lipinski definition) is 0. The van der Waals surface area contributed by atoms with E-state index in [1.54, 1.807) is 48.5 Å². The third kappa shape index (κ3) is 3.85. The van der Waals surface area contributed by atoms with Crippen LogP contribution in [0, 0.1) is 0 Å². The van der Waals surface area contributed by atoms with Crippen LogP contribution in [0.2, 0.25) is 0 Å². The van der Waals surface area contributed by atoms with Gasteiger partial charge in [0.05, 0.1) is 20.3 Å². The number of fused-ring (bicyclic) bond motifs is 1. The van der Waals surface area contributed by atoms with Crippen LogP contribution < -0.4 is 15.0 Å². The Morgan fingerprint density at radius 2 is 1.93 bits per heavy atom. The van der Waals surface area contributed by atoms with Gasteiger partial charge >= 0.3 is 0 Å². The topological polar surface area (TPSA) is 60.8 Å². The van der Waals surface area contributed by atoms with E-state index in [1.165, 1.54) is 6.07 Å². The van der Waals surface area contributed by atoms with E-state index in [2.05, 4.69) is 6.07 Å². The minimum Gasteiger partial charge on any atom is -0.493 e. The molecule has 1 atom stereocenters. The van der Waals surface area contributed by atoms with E-state index in [0.29, 0.717) is 24.6 Å². The third-order valence-corrected chi connectivity index (χ3v) is 6.40. The highest BCUT2D eigenvalue weighted by atomic mass is 32.1. The normalized spacial score (nSPS) is 15.5. The SMILES string of the molecule is COc1cc2c(cc1OC)C(c1cccs1)N(C(=O)CCn1ccccc1=O)CC2. The number of methoxy groups -OCH3 is 2. The molecule has 30 heavy (non-hydrogen) atoms. The number of ether oxygens (including phenoxy) is 2. The van der Waals surface area contributed by atoms with Gasteiger partial charge in [0, 0.05) is 36.7 Å². The number of carbonyl (C=O) groups is 1. The van der Waals surface area contributed by atoms with Crippen molar-refractivity contribution in [3.63, 3.8) is 0 Å². The Bertz CT molecular complexity index is 1090. The highest BCUT2D eigenvalue weighted by molar-refractivity contribution is 7.10. The van der Waals surface area contributed by atoms with Crippen LogP contribution in [0.1, 0.15) is 28.5 Å². The Kier molecular flexibility index (Phi) is 5.90. The molecule has 3 heterocycles. The lowest BCUT2D eigenvalue weighted by Gasteiger charge is -2.37. The third-order valence-electron chi connectivity index (χ3n) is 5.47. The average Bonchev–Trinajstić information content (AvgIpc) is 3.31.